The molecular formula is C35H49N3O5. The Morgan fingerprint density at radius 1 is 0.930 bits per heavy atom. The SMILES string of the molecule is C#Cc1ccc(C(C(=O)NCCCC)N(CCCCCCC)C(=O)C(Cc2ccc(O)cc2)NC(=O)OC(C)(C)C)cc1. The summed E-state index contributed by atoms with van der Waals surface area (Å²) in [6.45, 7) is 10.3. The van der Waals surface area contributed by atoms with Crippen molar-refractivity contribution in [1.82, 2.24) is 15.5 Å². The molecule has 0 saturated carbocycles. The molecule has 0 aliphatic heterocycles. The Morgan fingerprint density at radius 2 is 1.56 bits per heavy atom. The highest BCUT2D eigenvalue weighted by Crippen LogP contribution is 2.25. The number of ether oxygens (including phenoxy) is 1. The number of nitrogens with zero attached hydrogens (tertiary/aromatic N) is 1. The smallest absolute Gasteiger partial charge is 0.408 e. The van der Waals surface area contributed by atoms with Crippen LogP contribution in [0.25, 0.3) is 0 Å². The van der Waals surface area contributed by atoms with Crippen molar-refractivity contribution in [1.29, 1.82) is 0 Å². The maximum Gasteiger partial charge on any atom is 0.408 e. The molecule has 0 aliphatic carbocycles. The minimum absolute atomic E-state index is 0.0969. The molecule has 2 aromatic carbocycles. The van der Waals surface area contributed by atoms with Crippen LogP contribution < -0.4 is 10.6 Å². The zero-order valence-corrected chi connectivity index (χ0v) is 26.4. The number of amides is 3. The molecule has 0 aliphatic rings. The van der Waals surface area contributed by atoms with Gasteiger partial charge in [0.2, 0.25) is 11.8 Å². The van der Waals surface area contributed by atoms with Crippen molar-refractivity contribution in [3.05, 3.63) is 65.2 Å². The molecule has 0 bridgehead atoms. The average molecular weight is 592 g/mol. The van der Waals surface area contributed by atoms with Crippen LogP contribution in [-0.4, -0.2) is 52.6 Å². The standard InChI is InChI=1S/C35H49N3O5/c1-7-10-12-13-14-24-38(31(32(40)36-23-11-8-2)28-19-15-26(9-3)16-20-28)33(41)30(37-34(42)43-35(4,5)6)25-27-17-21-29(39)22-18-27/h3,15-22,30-31,39H,7-8,10-14,23-25H2,1-2,4-6H3,(H,36,40)(H,37,42). The normalized spacial score (nSPS) is 12.5. The highest BCUT2D eigenvalue weighted by Gasteiger charge is 2.36. The van der Waals surface area contributed by atoms with Crippen LogP contribution in [0.1, 0.15) is 102 Å². The molecule has 3 N–H and O–H groups in total. The van der Waals surface area contributed by atoms with Gasteiger partial charge < -0.3 is 25.4 Å². The predicted molar refractivity (Wildman–Crippen MR) is 170 cm³/mol. The highest BCUT2D eigenvalue weighted by molar-refractivity contribution is 5.92. The van der Waals surface area contributed by atoms with Crippen LogP contribution in [0.4, 0.5) is 4.79 Å². The summed E-state index contributed by atoms with van der Waals surface area (Å²) in [5.41, 5.74) is 1.27. The molecule has 43 heavy (non-hydrogen) atoms. The first-order valence-corrected chi connectivity index (χ1v) is 15.4. The maximum absolute atomic E-state index is 14.5. The monoisotopic (exact) mass is 591 g/mol. The summed E-state index contributed by atoms with van der Waals surface area (Å²) in [5, 5.41) is 15.6. The van der Waals surface area contributed by atoms with Gasteiger partial charge >= 0.3 is 6.09 Å². The van der Waals surface area contributed by atoms with E-state index in [0.717, 1.165) is 44.1 Å². The summed E-state index contributed by atoms with van der Waals surface area (Å²) in [7, 11) is 0. The Hall–Kier alpha value is -3.99. The van der Waals surface area contributed by atoms with Gasteiger partial charge in [0, 0.05) is 25.1 Å². The number of phenolic OH excluding ortho intramolecular Hbond substituents is 1. The van der Waals surface area contributed by atoms with Gasteiger partial charge in [0.1, 0.15) is 23.4 Å². The fraction of sp³-hybridized carbons (Fsp3) is 0.514. The fourth-order valence-electron chi connectivity index (χ4n) is 4.69. The number of nitrogens with one attached hydrogen (secondary N) is 2. The molecule has 2 rings (SSSR count). The second kappa shape index (κ2) is 17.8. The highest BCUT2D eigenvalue weighted by atomic mass is 16.6. The maximum atomic E-state index is 14.5. The van der Waals surface area contributed by atoms with E-state index < -0.39 is 29.7 Å². The van der Waals surface area contributed by atoms with Gasteiger partial charge in [0.05, 0.1) is 0 Å². The molecule has 8 nitrogen and oxygen atoms in total. The van der Waals surface area contributed by atoms with Crippen molar-refractivity contribution in [2.45, 2.75) is 104 Å². The molecular weight excluding hydrogens is 542 g/mol. The molecule has 0 aromatic heterocycles. The number of terminal acetylenes is 1. The van der Waals surface area contributed by atoms with Gasteiger partial charge in [0.25, 0.3) is 0 Å². The first-order chi connectivity index (χ1) is 20.5. The first kappa shape index (κ1) is 35.2. The Kier molecular flexibility index (Phi) is 14.6. The molecule has 8 heteroatoms. The van der Waals surface area contributed by atoms with Crippen molar-refractivity contribution >= 4 is 17.9 Å². The second-order valence-corrected chi connectivity index (χ2v) is 11.8. The summed E-state index contributed by atoms with van der Waals surface area (Å²) in [6.07, 6.45) is 11.5. The van der Waals surface area contributed by atoms with Gasteiger partial charge in [-0.2, -0.15) is 0 Å². The van der Waals surface area contributed by atoms with Gasteiger partial charge in [-0.15, -0.1) is 6.42 Å². The van der Waals surface area contributed by atoms with E-state index in [0.29, 0.717) is 30.6 Å². The van der Waals surface area contributed by atoms with E-state index in [2.05, 4.69) is 23.5 Å². The van der Waals surface area contributed by atoms with Crippen LogP contribution >= 0.6 is 0 Å². The summed E-state index contributed by atoms with van der Waals surface area (Å²) < 4.78 is 5.51. The van der Waals surface area contributed by atoms with Crippen LogP contribution in [0, 0.1) is 12.3 Å². The molecule has 2 aromatic rings. The molecule has 0 fully saturated rings. The lowest BCUT2D eigenvalue weighted by Gasteiger charge is -2.35. The van der Waals surface area contributed by atoms with Crippen molar-refractivity contribution in [3.63, 3.8) is 0 Å². The zero-order valence-electron chi connectivity index (χ0n) is 26.4. The summed E-state index contributed by atoms with van der Waals surface area (Å²) in [5.74, 6) is 2.01. The minimum atomic E-state index is -1.02. The van der Waals surface area contributed by atoms with Gasteiger partial charge in [-0.3, -0.25) is 9.59 Å². The Bertz CT molecular complexity index is 1200. The van der Waals surface area contributed by atoms with Crippen LogP contribution in [0.3, 0.4) is 0 Å². The largest absolute Gasteiger partial charge is 0.508 e. The second-order valence-electron chi connectivity index (χ2n) is 11.8. The third-order valence-corrected chi connectivity index (χ3v) is 6.93. The van der Waals surface area contributed by atoms with E-state index >= 15 is 0 Å². The van der Waals surface area contributed by atoms with E-state index in [9.17, 15) is 19.5 Å². The molecule has 2 unspecified atom stereocenters. The predicted octanol–water partition coefficient (Wildman–Crippen LogP) is 6.27. The number of rotatable bonds is 16. The zero-order chi connectivity index (χ0) is 31.8. The number of hydrogen-bond acceptors (Lipinski definition) is 5. The van der Waals surface area contributed by atoms with E-state index in [1.807, 2.05) is 6.92 Å². The number of carbonyl (C=O) groups excluding carboxylic acids is 3. The minimum Gasteiger partial charge on any atom is -0.508 e. The quantitative estimate of drug-likeness (QED) is 0.158. The van der Waals surface area contributed by atoms with E-state index in [1.54, 1.807) is 62.1 Å². The fourth-order valence-corrected chi connectivity index (χ4v) is 4.69. The van der Waals surface area contributed by atoms with Crippen molar-refractivity contribution in [3.8, 4) is 18.1 Å². The Morgan fingerprint density at radius 3 is 2.14 bits per heavy atom. The Labute approximate surface area is 257 Å². The number of benzene rings is 2. The summed E-state index contributed by atoms with van der Waals surface area (Å²) in [6, 6.07) is 11.6. The number of alkyl carbamates (subject to hydrolysis) is 1. The summed E-state index contributed by atoms with van der Waals surface area (Å²) in [4.78, 5) is 42.8. The first-order valence-electron chi connectivity index (χ1n) is 15.4. The Balaban J connectivity index is 2.54. The molecule has 0 heterocycles. The van der Waals surface area contributed by atoms with Crippen LogP contribution in [0.15, 0.2) is 48.5 Å². The molecule has 2 atom stereocenters. The molecule has 0 saturated heterocycles. The summed E-state index contributed by atoms with van der Waals surface area (Å²) >= 11 is 0. The van der Waals surface area contributed by atoms with E-state index in [-0.39, 0.29) is 18.1 Å². The van der Waals surface area contributed by atoms with Gasteiger partial charge in [0.15, 0.2) is 0 Å². The topological polar surface area (TPSA) is 108 Å². The third-order valence-electron chi connectivity index (χ3n) is 6.93. The average Bonchev–Trinajstić information content (AvgIpc) is 2.96. The molecule has 0 radical (unpaired) electrons. The van der Waals surface area contributed by atoms with Gasteiger partial charge in [-0.1, -0.05) is 76.1 Å². The lowest BCUT2D eigenvalue weighted by atomic mass is 9.98. The van der Waals surface area contributed by atoms with Gasteiger partial charge in [-0.05, 0) is 69.0 Å². The molecule has 3 amide bonds. The van der Waals surface area contributed by atoms with E-state index in [1.165, 1.54) is 12.1 Å². The number of aromatic hydroxyl groups is 1. The number of hydrogen-bond donors (Lipinski definition) is 3. The van der Waals surface area contributed by atoms with Crippen molar-refractivity contribution in [2.75, 3.05) is 13.1 Å². The lowest BCUT2D eigenvalue weighted by Crippen LogP contribution is -2.54. The third kappa shape index (κ3) is 12.4. The lowest BCUT2D eigenvalue weighted by molar-refractivity contribution is -0.142. The van der Waals surface area contributed by atoms with Crippen molar-refractivity contribution < 1.29 is 24.2 Å². The molecule has 234 valence electrons. The van der Waals surface area contributed by atoms with Crippen LogP contribution in [-0.2, 0) is 20.7 Å². The van der Waals surface area contributed by atoms with E-state index in [4.69, 9.17) is 11.2 Å². The number of phenols is 1. The van der Waals surface area contributed by atoms with Crippen LogP contribution in [0.5, 0.6) is 5.75 Å². The number of unbranched alkanes of at least 4 members (excludes halogenated alkanes) is 5. The van der Waals surface area contributed by atoms with Gasteiger partial charge in [-0.25, -0.2) is 4.79 Å². The van der Waals surface area contributed by atoms with Crippen molar-refractivity contribution in [2.24, 2.45) is 0 Å². The number of carbonyl (C=O) groups is 3. The van der Waals surface area contributed by atoms with Crippen LogP contribution in [0.2, 0.25) is 0 Å². The molecule has 0 spiro atoms.